The molecule has 1 aliphatic heterocycles. The molecule has 1 heterocycles. The number of halogens is 1. The quantitative estimate of drug-likeness (QED) is 0.786. The normalized spacial score (nSPS) is 17.9. The van der Waals surface area contributed by atoms with E-state index in [1.807, 2.05) is 12.1 Å². The first-order valence-corrected chi connectivity index (χ1v) is 6.61. The van der Waals surface area contributed by atoms with Crippen LogP contribution in [0.25, 0.3) is 0 Å². The highest BCUT2D eigenvalue weighted by atomic mass is 35.5. The van der Waals surface area contributed by atoms with E-state index in [4.69, 9.17) is 16.3 Å². The van der Waals surface area contributed by atoms with Crippen molar-refractivity contribution in [2.24, 2.45) is 0 Å². The number of hydrogen-bond donors (Lipinski definition) is 0. The largest absolute Gasteiger partial charge is 0.381 e. The summed E-state index contributed by atoms with van der Waals surface area (Å²) in [5, 5.41) is 0.536. The third-order valence-electron chi connectivity index (χ3n) is 3.41. The van der Waals surface area contributed by atoms with Gasteiger partial charge >= 0.3 is 0 Å². The van der Waals surface area contributed by atoms with Gasteiger partial charge in [0.15, 0.2) is 5.78 Å². The average Bonchev–Trinajstić information content (AvgIpc) is 2.40. The number of hydrogen-bond acceptors (Lipinski definition) is 3. The molecule has 2 rings (SSSR count). The van der Waals surface area contributed by atoms with Gasteiger partial charge in [-0.05, 0) is 25.0 Å². The minimum absolute atomic E-state index is 0.0940. The average molecular weight is 268 g/mol. The van der Waals surface area contributed by atoms with Gasteiger partial charge < -0.3 is 4.74 Å². The number of rotatable bonds is 4. The minimum Gasteiger partial charge on any atom is -0.381 e. The minimum atomic E-state index is 0.0940. The Bertz CT molecular complexity index is 414. The third kappa shape index (κ3) is 3.31. The van der Waals surface area contributed by atoms with Gasteiger partial charge in [0.2, 0.25) is 0 Å². The van der Waals surface area contributed by atoms with Crippen LogP contribution in [0, 0.1) is 0 Å². The Balaban J connectivity index is 1.91. The molecule has 0 saturated carbocycles. The van der Waals surface area contributed by atoms with Gasteiger partial charge in [-0.2, -0.15) is 0 Å². The molecule has 3 nitrogen and oxygen atoms in total. The zero-order valence-corrected chi connectivity index (χ0v) is 11.3. The third-order valence-corrected chi connectivity index (χ3v) is 3.74. The lowest BCUT2D eigenvalue weighted by molar-refractivity contribution is 0.0401. The number of ketones is 1. The smallest absolute Gasteiger partial charge is 0.178 e. The van der Waals surface area contributed by atoms with Gasteiger partial charge in [0.05, 0.1) is 17.7 Å². The van der Waals surface area contributed by atoms with Gasteiger partial charge in [-0.15, -0.1) is 0 Å². The summed E-state index contributed by atoms with van der Waals surface area (Å²) < 4.78 is 5.32. The Morgan fingerprint density at radius 3 is 2.67 bits per heavy atom. The van der Waals surface area contributed by atoms with Crippen LogP contribution in [0.2, 0.25) is 5.02 Å². The number of piperidine rings is 1. The monoisotopic (exact) mass is 267 g/mol. The van der Waals surface area contributed by atoms with E-state index in [1.165, 1.54) is 0 Å². The highest BCUT2D eigenvalue weighted by molar-refractivity contribution is 6.34. The molecular formula is C14H18ClNO2. The van der Waals surface area contributed by atoms with Crippen LogP contribution in [0.5, 0.6) is 0 Å². The summed E-state index contributed by atoms with van der Waals surface area (Å²) in [6.45, 7) is 2.27. The molecule has 0 aliphatic carbocycles. The van der Waals surface area contributed by atoms with Gasteiger partial charge in [-0.3, -0.25) is 9.69 Å². The van der Waals surface area contributed by atoms with Crippen LogP contribution in [-0.4, -0.2) is 43.5 Å². The molecule has 0 N–H and O–H groups in total. The number of nitrogens with zero attached hydrogens (tertiary/aromatic N) is 1. The zero-order chi connectivity index (χ0) is 13.0. The van der Waals surface area contributed by atoms with E-state index in [2.05, 4.69) is 4.90 Å². The van der Waals surface area contributed by atoms with E-state index in [9.17, 15) is 4.79 Å². The summed E-state index contributed by atoms with van der Waals surface area (Å²) in [4.78, 5) is 14.3. The first-order chi connectivity index (χ1) is 8.70. The predicted molar refractivity (Wildman–Crippen MR) is 72.3 cm³/mol. The summed E-state index contributed by atoms with van der Waals surface area (Å²) in [6.07, 6.45) is 2.33. The Kier molecular flexibility index (Phi) is 4.75. The number of Topliss-reactive ketones (excluding diaryl/α,β-unsaturated/α-hetero) is 1. The molecule has 0 spiro atoms. The van der Waals surface area contributed by atoms with E-state index in [1.54, 1.807) is 19.2 Å². The Hall–Kier alpha value is -0.900. The second-order valence-corrected chi connectivity index (χ2v) is 5.02. The maximum atomic E-state index is 12.1. The van der Waals surface area contributed by atoms with Crippen LogP contribution in [0.3, 0.4) is 0 Å². The second kappa shape index (κ2) is 6.32. The van der Waals surface area contributed by atoms with Gasteiger partial charge in [0.25, 0.3) is 0 Å². The molecule has 1 aromatic rings. The van der Waals surface area contributed by atoms with Crippen molar-refractivity contribution in [3.05, 3.63) is 34.9 Å². The molecule has 0 bridgehead atoms. The van der Waals surface area contributed by atoms with Crippen molar-refractivity contribution in [3.8, 4) is 0 Å². The van der Waals surface area contributed by atoms with E-state index in [0.717, 1.165) is 25.9 Å². The fraction of sp³-hybridized carbons (Fsp3) is 0.500. The first kappa shape index (κ1) is 13.5. The Labute approximate surface area is 113 Å². The van der Waals surface area contributed by atoms with Crippen molar-refractivity contribution in [1.82, 2.24) is 4.90 Å². The van der Waals surface area contributed by atoms with Gasteiger partial charge in [0.1, 0.15) is 0 Å². The number of carbonyl (C=O) groups is 1. The number of methoxy groups -OCH3 is 1. The second-order valence-electron chi connectivity index (χ2n) is 4.61. The van der Waals surface area contributed by atoms with Gasteiger partial charge in [-0.25, -0.2) is 0 Å². The number of likely N-dealkylation sites (tertiary alicyclic amines) is 1. The van der Waals surface area contributed by atoms with E-state index in [0.29, 0.717) is 23.2 Å². The molecule has 1 aromatic carbocycles. The summed E-state index contributed by atoms with van der Waals surface area (Å²) in [5.74, 6) is 0.0940. The standard InChI is InChI=1S/C14H18ClNO2/c1-18-11-6-8-16(9-7-11)10-14(17)12-4-2-3-5-13(12)15/h2-5,11H,6-10H2,1H3. The number of ether oxygens (including phenoxy) is 1. The maximum absolute atomic E-state index is 12.1. The number of carbonyl (C=O) groups excluding carboxylic acids is 1. The lowest BCUT2D eigenvalue weighted by Gasteiger charge is -2.30. The van der Waals surface area contributed by atoms with Crippen LogP contribution in [0.1, 0.15) is 23.2 Å². The van der Waals surface area contributed by atoms with Crippen LogP contribution in [0.4, 0.5) is 0 Å². The van der Waals surface area contributed by atoms with Crippen molar-refractivity contribution in [1.29, 1.82) is 0 Å². The Morgan fingerprint density at radius 1 is 1.39 bits per heavy atom. The summed E-state index contributed by atoms with van der Waals surface area (Å²) in [5.41, 5.74) is 0.619. The molecule has 18 heavy (non-hydrogen) atoms. The van der Waals surface area contributed by atoms with E-state index >= 15 is 0 Å². The van der Waals surface area contributed by atoms with Crippen LogP contribution in [-0.2, 0) is 4.74 Å². The van der Waals surface area contributed by atoms with Crippen molar-refractivity contribution in [2.45, 2.75) is 18.9 Å². The van der Waals surface area contributed by atoms with Crippen molar-refractivity contribution >= 4 is 17.4 Å². The highest BCUT2D eigenvalue weighted by Crippen LogP contribution is 2.18. The van der Waals surface area contributed by atoms with Crippen molar-refractivity contribution in [3.63, 3.8) is 0 Å². The van der Waals surface area contributed by atoms with Crippen LogP contribution >= 0.6 is 11.6 Å². The van der Waals surface area contributed by atoms with Gasteiger partial charge in [0, 0.05) is 25.8 Å². The summed E-state index contributed by atoms with van der Waals surface area (Å²) >= 11 is 6.02. The summed E-state index contributed by atoms with van der Waals surface area (Å²) in [7, 11) is 1.75. The zero-order valence-electron chi connectivity index (χ0n) is 10.6. The lowest BCUT2D eigenvalue weighted by Crippen LogP contribution is -2.39. The molecule has 98 valence electrons. The van der Waals surface area contributed by atoms with Crippen molar-refractivity contribution < 1.29 is 9.53 Å². The highest BCUT2D eigenvalue weighted by Gasteiger charge is 2.21. The molecule has 4 heteroatoms. The molecule has 1 aliphatic rings. The molecule has 0 aromatic heterocycles. The fourth-order valence-electron chi connectivity index (χ4n) is 2.28. The summed E-state index contributed by atoms with van der Waals surface area (Å²) in [6, 6.07) is 7.22. The molecular weight excluding hydrogens is 250 g/mol. The molecule has 1 saturated heterocycles. The van der Waals surface area contributed by atoms with E-state index in [-0.39, 0.29) is 5.78 Å². The molecule has 0 amide bonds. The van der Waals surface area contributed by atoms with Crippen LogP contribution < -0.4 is 0 Å². The molecule has 0 unspecified atom stereocenters. The SMILES string of the molecule is COC1CCN(CC(=O)c2ccccc2Cl)CC1. The first-order valence-electron chi connectivity index (χ1n) is 6.23. The molecule has 0 radical (unpaired) electrons. The fourth-order valence-corrected chi connectivity index (χ4v) is 2.52. The van der Waals surface area contributed by atoms with Crippen molar-refractivity contribution in [2.75, 3.05) is 26.7 Å². The van der Waals surface area contributed by atoms with E-state index < -0.39 is 0 Å². The number of benzene rings is 1. The molecule has 1 fully saturated rings. The topological polar surface area (TPSA) is 29.5 Å². The Morgan fingerprint density at radius 2 is 2.06 bits per heavy atom. The lowest BCUT2D eigenvalue weighted by atomic mass is 10.1. The maximum Gasteiger partial charge on any atom is 0.178 e. The molecule has 0 atom stereocenters. The predicted octanol–water partition coefficient (Wildman–Crippen LogP) is 2.63. The van der Waals surface area contributed by atoms with Crippen LogP contribution in [0.15, 0.2) is 24.3 Å². The van der Waals surface area contributed by atoms with Gasteiger partial charge in [-0.1, -0.05) is 23.7 Å².